The van der Waals surface area contributed by atoms with Gasteiger partial charge in [-0.3, -0.25) is 9.78 Å². The predicted molar refractivity (Wildman–Crippen MR) is 75.1 cm³/mol. The van der Waals surface area contributed by atoms with E-state index < -0.39 is 15.6 Å². The van der Waals surface area contributed by atoms with Gasteiger partial charge >= 0.3 is 0 Å². The third kappa shape index (κ3) is 3.44. The zero-order valence-corrected chi connectivity index (χ0v) is 12.1. The molecule has 0 radical (unpaired) electrons. The van der Waals surface area contributed by atoms with Crippen LogP contribution in [0.3, 0.4) is 0 Å². The number of aryl methyl sites for hydroxylation is 1. The first kappa shape index (κ1) is 14.7. The van der Waals surface area contributed by atoms with Crippen LogP contribution < -0.4 is 10.3 Å². The van der Waals surface area contributed by atoms with E-state index in [1.54, 1.807) is 12.1 Å². The Morgan fingerprint density at radius 3 is 2.80 bits per heavy atom. The fraction of sp³-hybridized carbons (Fsp3) is 0.167. The molecule has 2 aromatic rings. The Kier molecular flexibility index (Phi) is 4.22. The van der Waals surface area contributed by atoms with E-state index in [9.17, 15) is 13.2 Å². The standard InChI is InChI=1S/C12H12ClN3O3S/c1-8-3-2-4-9(16-8)6-15-20(18,19)10-5-11(13)12(17)14-7-10/h2-5,7,15H,6H2,1H3,(H,14,17). The fourth-order valence-corrected chi connectivity index (χ4v) is 2.77. The molecule has 8 heteroatoms. The van der Waals surface area contributed by atoms with E-state index in [4.69, 9.17) is 11.6 Å². The zero-order chi connectivity index (χ0) is 14.8. The van der Waals surface area contributed by atoms with E-state index >= 15 is 0 Å². The van der Waals surface area contributed by atoms with Crippen LogP contribution in [0.4, 0.5) is 0 Å². The Hall–Kier alpha value is -1.70. The van der Waals surface area contributed by atoms with Crippen molar-refractivity contribution < 1.29 is 8.42 Å². The predicted octanol–water partition coefficient (Wildman–Crippen LogP) is 1.21. The number of nitrogens with zero attached hydrogens (tertiary/aromatic N) is 1. The summed E-state index contributed by atoms with van der Waals surface area (Å²) in [5.41, 5.74) is 0.865. The Bertz CT molecular complexity index is 787. The number of rotatable bonds is 4. The highest BCUT2D eigenvalue weighted by Crippen LogP contribution is 2.11. The quantitative estimate of drug-likeness (QED) is 0.887. The smallest absolute Gasteiger partial charge is 0.266 e. The number of aromatic nitrogens is 2. The molecule has 0 saturated carbocycles. The first-order valence-electron chi connectivity index (χ1n) is 5.69. The van der Waals surface area contributed by atoms with Crippen LogP contribution in [-0.2, 0) is 16.6 Å². The summed E-state index contributed by atoms with van der Waals surface area (Å²) < 4.78 is 26.5. The van der Waals surface area contributed by atoms with Gasteiger partial charge in [0, 0.05) is 11.9 Å². The number of pyridine rings is 2. The normalized spacial score (nSPS) is 11.5. The first-order chi connectivity index (χ1) is 9.38. The highest BCUT2D eigenvalue weighted by atomic mass is 35.5. The summed E-state index contributed by atoms with van der Waals surface area (Å²) in [5, 5.41) is -0.179. The van der Waals surface area contributed by atoms with Crippen molar-refractivity contribution in [1.82, 2.24) is 14.7 Å². The van der Waals surface area contributed by atoms with Gasteiger partial charge in [0.15, 0.2) is 0 Å². The molecule has 0 aliphatic rings. The number of aromatic amines is 1. The third-order valence-corrected chi connectivity index (χ3v) is 4.19. The molecule has 0 aliphatic heterocycles. The van der Waals surface area contributed by atoms with E-state index in [0.717, 1.165) is 18.0 Å². The minimum Gasteiger partial charge on any atom is -0.326 e. The number of sulfonamides is 1. The molecule has 0 atom stereocenters. The second kappa shape index (κ2) is 5.74. The Morgan fingerprint density at radius 2 is 2.15 bits per heavy atom. The van der Waals surface area contributed by atoms with Crippen molar-refractivity contribution in [1.29, 1.82) is 0 Å². The number of hydrogen-bond donors (Lipinski definition) is 2. The Morgan fingerprint density at radius 1 is 1.40 bits per heavy atom. The van der Waals surface area contributed by atoms with E-state index in [1.165, 1.54) is 0 Å². The van der Waals surface area contributed by atoms with Crippen LogP contribution in [-0.4, -0.2) is 18.4 Å². The van der Waals surface area contributed by atoms with Crippen molar-refractivity contribution in [3.8, 4) is 0 Å². The average molecular weight is 314 g/mol. The number of halogens is 1. The second-order valence-electron chi connectivity index (χ2n) is 4.11. The van der Waals surface area contributed by atoms with Gasteiger partial charge in [0.25, 0.3) is 5.56 Å². The summed E-state index contributed by atoms with van der Waals surface area (Å²) in [5.74, 6) is 0. The van der Waals surface area contributed by atoms with Crippen LogP contribution in [0.1, 0.15) is 11.4 Å². The van der Waals surface area contributed by atoms with Gasteiger partial charge in [0.2, 0.25) is 10.0 Å². The molecule has 0 unspecified atom stereocenters. The third-order valence-electron chi connectivity index (χ3n) is 2.53. The van der Waals surface area contributed by atoms with Crippen molar-refractivity contribution in [2.24, 2.45) is 0 Å². The van der Waals surface area contributed by atoms with Crippen LogP contribution >= 0.6 is 11.6 Å². The number of hydrogen-bond acceptors (Lipinski definition) is 4. The van der Waals surface area contributed by atoms with E-state index in [1.807, 2.05) is 13.0 Å². The summed E-state index contributed by atoms with van der Waals surface area (Å²) in [4.78, 5) is 17.5. The second-order valence-corrected chi connectivity index (χ2v) is 6.28. The van der Waals surface area contributed by atoms with Crippen LogP contribution in [0, 0.1) is 6.92 Å². The molecule has 0 fully saturated rings. The van der Waals surface area contributed by atoms with Gasteiger partial charge in [-0.1, -0.05) is 17.7 Å². The molecule has 6 nitrogen and oxygen atoms in total. The minimum atomic E-state index is -3.76. The molecule has 2 N–H and O–H groups in total. The molecule has 2 heterocycles. The molecular weight excluding hydrogens is 302 g/mol. The van der Waals surface area contributed by atoms with Crippen LogP contribution in [0.25, 0.3) is 0 Å². The molecule has 0 spiro atoms. The molecule has 106 valence electrons. The minimum absolute atomic E-state index is 0.0563. The van der Waals surface area contributed by atoms with Crippen LogP contribution in [0.15, 0.2) is 40.2 Å². The van der Waals surface area contributed by atoms with Crippen molar-refractivity contribution in [3.05, 3.63) is 57.2 Å². The summed E-state index contributed by atoms with van der Waals surface area (Å²) in [7, 11) is -3.76. The fourth-order valence-electron chi connectivity index (χ4n) is 1.54. The lowest BCUT2D eigenvalue weighted by Gasteiger charge is -2.07. The van der Waals surface area contributed by atoms with Crippen molar-refractivity contribution >= 4 is 21.6 Å². The van der Waals surface area contributed by atoms with Gasteiger partial charge in [0.1, 0.15) is 5.02 Å². The van der Waals surface area contributed by atoms with Gasteiger partial charge in [-0.2, -0.15) is 0 Å². The lowest BCUT2D eigenvalue weighted by molar-refractivity contribution is 0.580. The van der Waals surface area contributed by atoms with Gasteiger partial charge in [0.05, 0.1) is 17.1 Å². The molecular formula is C12H12ClN3O3S. The van der Waals surface area contributed by atoms with Gasteiger partial charge < -0.3 is 4.98 Å². The lowest BCUT2D eigenvalue weighted by Crippen LogP contribution is -2.24. The summed E-state index contributed by atoms with van der Waals surface area (Å²) in [6.07, 6.45) is 1.10. The van der Waals surface area contributed by atoms with E-state index in [-0.39, 0.29) is 16.5 Å². The van der Waals surface area contributed by atoms with Crippen molar-refractivity contribution in [3.63, 3.8) is 0 Å². The lowest BCUT2D eigenvalue weighted by atomic mass is 10.3. The Labute approximate surface area is 120 Å². The zero-order valence-electron chi connectivity index (χ0n) is 10.6. The SMILES string of the molecule is Cc1cccc(CNS(=O)(=O)c2c[nH]c(=O)c(Cl)c2)n1. The largest absolute Gasteiger partial charge is 0.326 e. The van der Waals surface area contributed by atoms with Gasteiger partial charge in [-0.05, 0) is 25.1 Å². The van der Waals surface area contributed by atoms with E-state index in [0.29, 0.717) is 5.69 Å². The summed E-state index contributed by atoms with van der Waals surface area (Å²) >= 11 is 5.61. The molecule has 2 rings (SSSR count). The molecule has 20 heavy (non-hydrogen) atoms. The molecule has 0 aromatic carbocycles. The molecule has 0 bridgehead atoms. The molecule has 2 aromatic heterocycles. The van der Waals surface area contributed by atoms with Gasteiger partial charge in [-0.15, -0.1) is 0 Å². The van der Waals surface area contributed by atoms with Crippen LogP contribution in [0.2, 0.25) is 5.02 Å². The van der Waals surface area contributed by atoms with E-state index in [2.05, 4.69) is 14.7 Å². The number of H-pyrrole nitrogens is 1. The molecule has 0 saturated heterocycles. The van der Waals surface area contributed by atoms with Crippen LogP contribution in [0.5, 0.6) is 0 Å². The molecule has 0 amide bonds. The summed E-state index contributed by atoms with van der Waals surface area (Å²) in [6.45, 7) is 1.88. The highest BCUT2D eigenvalue weighted by Gasteiger charge is 2.15. The number of nitrogens with one attached hydrogen (secondary N) is 2. The average Bonchev–Trinajstić information content (AvgIpc) is 2.40. The molecule has 0 aliphatic carbocycles. The topological polar surface area (TPSA) is 91.9 Å². The van der Waals surface area contributed by atoms with Crippen molar-refractivity contribution in [2.75, 3.05) is 0 Å². The van der Waals surface area contributed by atoms with Gasteiger partial charge in [-0.25, -0.2) is 13.1 Å². The highest BCUT2D eigenvalue weighted by molar-refractivity contribution is 7.89. The monoisotopic (exact) mass is 313 g/mol. The maximum atomic E-state index is 12.0. The van der Waals surface area contributed by atoms with Crippen molar-refractivity contribution in [2.45, 2.75) is 18.4 Å². The Balaban J connectivity index is 2.19. The maximum absolute atomic E-state index is 12.0. The first-order valence-corrected chi connectivity index (χ1v) is 7.55. The maximum Gasteiger partial charge on any atom is 0.266 e. The summed E-state index contributed by atoms with van der Waals surface area (Å²) in [6, 6.07) is 6.43.